The van der Waals surface area contributed by atoms with Gasteiger partial charge in [-0.2, -0.15) is 8.78 Å². The van der Waals surface area contributed by atoms with Crippen LogP contribution in [0.5, 0.6) is 0 Å². The number of alkyl halides is 2. The molecule has 0 spiro atoms. The zero-order valence-electron chi connectivity index (χ0n) is 17.2. The number of carbonyl (C=O) groups excluding carboxylic acids is 2. The van der Waals surface area contributed by atoms with Gasteiger partial charge < -0.3 is 16.0 Å². The summed E-state index contributed by atoms with van der Waals surface area (Å²) in [7, 11) is 0. The van der Waals surface area contributed by atoms with Crippen molar-refractivity contribution in [2.45, 2.75) is 17.1 Å². The molecule has 2 amide bonds. The van der Waals surface area contributed by atoms with Gasteiger partial charge in [-0.05, 0) is 36.2 Å². The van der Waals surface area contributed by atoms with Crippen molar-refractivity contribution >= 4 is 35.0 Å². The Morgan fingerprint density at radius 3 is 2.25 bits per heavy atom. The molecule has 0 bridgehead atoms. The van der Waals surface area contributed by atoms with Gasteiger partial charge in [0.05, 0.1) is 17.8 Å². The van der Waals surface area contributed by atoms with E-state index in [2.05, 4.69) is 16.0 Å². The molecule has 3 rings (SSSR count). The third kappa shape index (κ3) is 7.09. The van der Waals surface area contributed by atoms with E-state index in [9.17, 15) is 18.4 Å². The first kappa shape index (κ1) is 23.3. The first-order valence-corrected chi connectivity index (χ1v) is 10.9. The standard InChI is InChI=1S/C24H23F2N3O2S/c25-24(26)32-21-13-7-6-12-20(21)29-22(30)16-28-19-11-5-4-10-18(19)23(31)27-15-14-17-8-2-1-3-9-17/h1-13,24,28H,14-16H2,(H,27,31)(H,29,30). The van der Waals surface area contributed by atoms with Crippen LogP contribution in [0.3, 0.4) is 0 Å². The Kier molecular flexibility index (Phi) is 8.62. The molecule has 8 heteroatoms. The van der Waals surface area contributed by atoms with Crippen LogP contribution in [0.2, 0.25) is 0 Å². The van der Waals surface area contributed by atoms with E-state index in [1.54, 1.807) is 42.5 Å². The molecule has 0 aliphatic rings. The number of halogens is 2. The molecule has 166 valence electrons. The van der Waals surface area contributed by atoms with Crippen molar-refractivity contribution in [1.29, 1.82) is 0 Å². The normalized spacial score (nSPS) is 10.6. The van der Waals surface area contributed by atoms with Crippen LogP contribution in [0.25, 0.3) is 0 Å². The highest BCUT2D eigenvalue weighted by Crippen LogP contribution is 2.31. The number of carbonyl (C=O) groups is 2. The number of hydrogen-bond donors (Lipinski definition) is 3. The van der Waals surface area contributed by atoms with E-state index in [1.807, 2.05) is 30.3 Å². The lowest BCUT2D eigenvalue weighted by Gasteiger charge is -2.14. The van der Waals surface area contributed by atoms with Crippen molar-refractivity contribution in [2.24, 2.45) is 0 Å². The molecule has 3 aromatic rings. The Bertz CT molecular complexity index is 1050. The Morgan fingerprint density at radius 1 is 0.844 bits per heavy atom. The second kappa shape index (κ2) is 11.9. The smallest absolute Gasteiger partial charge is 0.288 e. The van der Waals surface area contributed by atoms with Crippen LogP contribution in [-0.4, -0.2) is 30.7 Å². The van der Waals surface area contributed by atoms with Crippen molar-refractivity contribution in [2.75, 3.05) is 23.7 Å². The molecule has 0 heterocycles. The molecule has 32 heavy (non-hydrogen) atoms. The lowest BCUT2D eigenvalue weighted by molar-refractivity contribution is -0.114. The Morgan fingerprint density at radius 2 is 1.50 bits per heavy atom. The molecule has 0 saturated heterocycles. The zero-order chi connectivity index (χ0) is 22.8. The summed E-state index contributed by atoms with van der Waals surface area (Å²) >= 11 is 0.372. The number of benzene rings is 3. The van der Waals surface area contributed by atoms with Crippen molar-refractivity contribution in [3.63, 3.8) is 0 Å². The zero-order valence-corrected chi connectivity index (χ0v) is 18.0. The van der Waals surface area contributed by atoms with Gasteiger partial charge in [-0.3, -0.25) is 9.59 Å². The number of amides is 2. The summed E-state index contributed by atoms with van der Waals surface area (Å²) in [4.78, 5) is 25.3. The monoisotopic (exact) mass is 455 g/mol. The van der Waals surface area contributed by atoms with Crippen LogP contribution in [0.15, 0.2) is 83.8 Å². The predicted molar refractivity (Wildman–Crippen MR) is 124 cm³/mol. The van der Waals surface area contributed by atoms with Crippen LogP contribution < -0.4 is 16.0 Å². The minimum atomic E-state index is -2.58. The first-order valence-electron chi connectivity index (χ1n) is 10.0. The fraction of sp³-hybridized carbons (Fsp3) is 0.167. The molecule has 0 fully saturated rings. The average Bonchev–Trinajstić information content (AvgIpc) is 2.79. The van der Waals surface area contributed by atoms with Gasteiger partial charge in [-0.1, -0.05) is 66.4 Å². The fourth-order valence-corrected chi connectivity index (χ4v) is 3.63. The van der Waals surface area contributed by atoms with E-state index in [0.29, 0.717) is 41.7 Å². The van der Waals surface area contributed by atoms with E-state index < -0.39 is 11.7 Å². The summed E-state index contributed by atoms with van der Waals surface area (Å²) < 4.78 is 25.4. The summed E-state index contributed by atoms with van der Waals surface area (Å²) in [6.07, 6.45) is 0.709. The highest BCUT2D eigenvalue weighted by atomic mass is 32.2. The molecule has 0 aliphatic carbocycles. The number of hydrogen-bond acceptors (Lipinski definition) is 4. The van der Waals surface area contributed by atoms with Crippen molar-refractivity contribution in [3.05, 3.63) is 90.0 Å². The van der Waals surface area contributed by atoms with Crippen LogP contribution >= 0.6 is 11.8 Å². The molecule has 0 unspecified atom stereocenters. The SMILES string of the molecule is O=C(CNc1ccccc1C(=O)NCCc1ccccc1)Nc1ccccc1SC(F)F. The topological polar surface area (TPSA) is 70.2 Å². The van der Waals surface area contributed by atoms with Gasteiger partial charge in [0.25, 0.3) is 11.7 Å². The molecular formula is C24H23F2N3O2S. The average molecular weight is 456 g/mol. The number of anilines is 2. The lowest BCUT2D eigenvalue weighted by atomic mass is 10.1. The van der Waals surface area contributed by atoms with Crippen molar-refractivity contribution in [1.82, 2.24) is 5.32 Å². The Balaban J connectivity index is 1.55. The summed E-state index contributed by atoms with van der Waals surface area (Å²) in [5, 5.41) is 8.47. The number of thioether (sulfide) groups is 1. The van der Waals surface area contributed by atoms with E-state index in [0.717, 1.165) is 5.56 Å². The second-order valence-corrected chi connectivity index (χ2v) is 7.85. The molecule has 0 saturated carbocycles. The number of rotatable bonds is 10. The molecule has 3 aromatic carbocycles. The van der Waals surface area contributed by atoms with Crippen LogP contribution in [-0.2, 0) is 11.2 Å². The van der Waals surface area contributed by atoms with Gasteiger partial charge in [0.15, 0.2) is 0 Å². The van der Waals surface area contributed by atoms with E-state index in [1.165, 1.54) is 6.07 Å². The number of nitrogens with one attached hydrogen (secondary N) is 3. The Labute approximate surface area is 189 Å². The van der Waals surface area contributed by atoms with Gasteiger partial charge in [0.2, 0.25) is 5.91 Å². The Hall–Kier alpha value is -3.39. The predicted octanol–water partition coefficient (Wildman–Crippen LogP) is 5.02. The maximum atomic E-state index is 12.7. The molecule has 0 aliphatic heterocycles. The number of para-hydroxylation sites is 2. The van der Waals surface area contributed by atoms with E-state index in [4.69, 9.17) is 0 Å². The van der Waals surface area contributed by atoms with Crippen molar-refractivity contribution < 1.29 is 18.4 Å². The highest BCUT2D eigenvalue weighted by molar-refractivity contribution is 7.99. The fourth-order valence-electron chi connectivity index (χ4n) is 3.03. The second-order valence-electron chi connectivity index (χ2n) is 6.81. The molecule has 5 nitrogen and oxygen atoms in total. The van der Waals surface area contributed by atoms with Crippen LogP contribution in [0.4, 0.5) is 20.2 Å². The summed E-state index contributed by atoms with van der Waals surface area (Å²) in [6.45, 7) is 0.359. The van der Waals surface area contributed by atoms with Crippen molar-refractivity contribution in [3.8, 4) is 0 Å². The first-order chi connectivity index (χ1) is 15.5. The molecule has 0 aromatic heterocycles. The van der Waals surface area contributed by atoms with E-state index in [-0.39, 0.29) is 17.3 Å². The molecule has 0 radical (unpaired) electrons. The third-order valence-electron chi connectivity index (χ3n) is 4.53. The van der Waals surface area contributed by atoms with Crippen LogP contribution in [0, 0.1) is 0 Å². The summed E-state index contributed by atoms with van der Waals surface area (Å²) in [6, 6.07) is 23.1. The quantitative estimate of drug-likeness (QED) is 0.375. The summed E-state index contributed by atoms with van der Waals surface area (Å²) in [5.41, 5.74) is 2.37. The van der Waals surface area contributed by atoms with E-state index >= 15 is 0 Å². The molecular weight excluding hydrogens is 432 g/mol. The lowest BCUT2D eigenvalue weighted by Crippen LogP contribution is -2.28. The minimum absolute atomic E-state index is 0.123. The van der Waals surface area contributed by atoms with Crippen LogP contribution in [0.1, 0.15) is 15.9 Å². The summed E-state index contributed by atoms with van der Waals surface area (Å²) in [5.74, 6) is -3.24. The minimum Gasteiger partial charge on any atom is -0.376 e. The molecule has 3 N–H and O–H groups in total. The highest BCUT2D eigenvalue weighted by Gasteiger charge is 2.14. The van der Waals surface area contributed by atoms with Gasteiger partial charge in [-0.15, -0.1) is 0 Å². The van der Waals surface area contributed by atoms with Gasteiger partial charge in [0.1, 0.15) is 0 Å². The van der Waals surface area contributed by atoms with Gasteiger partial charge in [0, 0.05) is 17.1 Å². The van der Waals surface area contributed by atoms with Gasteiger partial charge in [-0.25, -0.2) is 0 Å². The van der Waals surface area contributed by atoms with Gasteiger partial charge >= 0.3 is 0 Å². The largest absolute Gasteiger partial charge is 0.376 e. The maximum absolute atomic E-state index is 12.7. The third-order valence-corrected chi connectivity index (χ3v) is 5.32. The maximum Gasteiger partial charge on any atom is 0.288 e. The molecule has 0 atom stereocenters.